The molecule has 0 aliphatic heterocycles. The molecule has 0 aromatic carbocycles. The number of carbonyl (C=O) groups excluding carboxylic acids is 2. The summed E-state index contributed by atoms with van der Waals surface area (Å²) in [4.78, 5) is 27.7. The van der Waals surface area contributed by atoms with Crippen LogP contribution in [0, 0.1) is 0 Å². The van der Waals surface area contributed by atoms with Gasteiger partial charge in [-0.1, -0.05) is 0 Å². The SMILES string of the molecule is CC(=O)Cc1ncccn1.CC(C)OC=O. The molecule has 0 fully saturated rings. The Labute approximate surface area is 94.9 Å². The van der Waals surface area contributed by atoms with Gasteiger partial charge in [0.25, 0.3) is 6.47 Å². The molecule has 0 N–H and O–H groups in total. The van der Waals surface area contributed by atoms with Crippen molar-refractivity contribution in [2.75, 3.05) is 0 Å². The molecule has 88 valence electrons. The quantitative estimate of drug-likeness (QED) is 0.718. The minimum absolute atomic E-state index is 0.0301. The van der Waals surface area contributed by atoms with Crippen molar-refractivity contribution in [1.82, 2.24) is 9.97 Å². The van der Waals surface area contributed by atoms with E-state index < -0.39 is 0 Å². The van der Waals surface area contributed by atoms with E-state index in [1.165, 1.54) is 6.92 Å². The Bertz CT molecular complexity index is 312. The van der Waals surface area contributed by atoms with E-state index in [4.69, 9.17) is 0 Å². The van der Waals surface area contributed by atoms with Gasteiger partial charge in [-0.2, -0.15) is 0 Å². The Morgan fingerprint density at radius 1 is 1.44 bits per heavy atom. The summed E-state index contributed by atoms with van der Waals surface area (Å²) in [6.45, 7) is 5.57. The third-order valence-corrected chi connectivity index (χ3v) is 1.35. The lowest BCUT2D eigenvalue weighted by atomic mass is 10.3. The van der Waals surface area contributed by atoms with Crippen molar-refractivity contribution in [3.05, 3.63) is 24.3 Å². The van der Waals surface area contributed by atoms with Crippen LogP contribution in [0.1, 0.15) is 26.6 Å². The van der Waals surface area contributed by atoms with Crippen LogP contribution in [0.25, 0.3) is 0 Å². The molecule has 0 unspecified atom stereocenters. The molecule has 0 aliphatic rings. The van der Waals surface area contributed by atoms with E-state index in [9.17, 15) is 9.59 Å². The second-order valence-corrected chi connectivity index (χ2v) is 3.32. The van der Waals surface area contributed by atoms with Gasteiger partial charge in [0.05, 0.1) is 12.5 Å². The van der Waals surface area contributed by atoms with Crippen LogP contribution in [0.15, 0.2) is 18.5 Å². The summed E-state index contributed by atoms with van der Waals surface area (Å²) in [5.41, 5.74) is 0. The molecule has 0 spiro atoms. The lowest BCUT2D eigenvalue weighted by Crippen LogP contribution is -2.00. The van der Waals surface area contributed by atoms with Crippen LogP contribution in [0.3, 0.4) is 0 Å². The number of Topliss-reactive ketones (excluding diaryl/α,β-unsaturated/α-hetero) is 1. The Kier molecular flexibility index (Phi) is 7.57. The normalized spacial score (nSPS) is 9.00. The van der Waals surface area contributed by atoms with Gasteiger partial charge in [-0.25, -0.2) is 9.97 Å². The molecule has 0 saturated heterocycles. The zero-order chi connectivity index (χ0) is 12.4. The van der Waals surface area contributed by atoms with E-state index >= 15 is 0 Å². The van der Waals surface area contributed by atoms with Crippen molar-refractivity contribution in [3.63, 3.8) is 0 Å². The molecule has 0 bridgehead atoms. The molecule has 5 heteroatoms. The van der Waals surface area contributed by atoms with E-state index in [1.54, 1.807) is 32.3 Å². The van der Waals surface area contributed by atoms with Crippen molar-refractivity contribution in [3.8, 4) is 0 Å². The largest absolute Gasteiger partial charge is 0.465 e. The second kappa shape index (κ2) is 8.52. The Morgan fingerprint density at radius 2 is 2.00 bits per heavy atom. The Balaban J connectivity index is 0.000000325. The van der Waals surface area contributed by atoms with Gasteiger partial charge in [-0.3, -0.25) is 9.59 Å². The first-order chi connectivity index (χ1) is 7.56. The van der Waals surface area contributed by atoms with Crippen molar-refractivity contribution >= 4 is 12.3 Å². The number of carbonyl (C=O) groups is 2. The number of hydrogen-bond donors (Lipinski definition) is 0. The van der Waals surface area contributed by atoms with Crippen LogP contribution in [0.5, 0.6) is 0 Å². The van der Waals surface area contributed by atoms with E-state index in [2.05, 4.69) is 14.7 Å². The van der Waals surface area contributed by atoms with E-state index in [0.717, 1.165) is 0 Å². The lowest BCUT2D eigenvalue weighted by molar-refractivity contribution is -0.132. The highest BCUT2D eigenvalue weighted by atomic mass is 16.5. The van der Waals surface area contributed by atoms with E-state index in [-0.39, 0.29) is 11.9 Å². The van der Waals surface area contributed by atoms with E-state index in [1.807, 2.05) is 0 Å². The van der Waals surface area contributed by atoms with E-state index in [0.29, 0.717) is 18.7 Å². The summed E-state index contributed by atoms with van der Waals surface area (Å²) in [6, 6.07) is 1.73. The average Bonchev–Trinajstić information content (AvgIpc) is 2.18. The summed E-state index contributed by atoms with van der Waals surface area (Å²) in [5, 5.41) is 0. The molecule has 1 aromatic rings. The van der Waals surface area contributed by atoms with Crippen molar-refractivity contribution in [2.45, 2.75) is 33.3 Å². The lowest BCUT2D eigenvalue weighted by Gasteiger charge is -1.96. The second-order valence-electron chi connectivity index (χ2n) is 3.32. The van der Waals surface area contributed by atoms with Gasteiger partial charge < -0.3 is 4.74 Å². The fourth-order valence-corrected chi connectivity index (χ4v) is 0.755. The predicted octanol–water partition coefficient (Wildman–Crippen LogP) is 1.18. The molecule has 1 rings (SSSR count). The molecule has 0 amide bonds. The smallest absolute Gasteiger partial charge is 0.293 e. The van der Waals surface area contributed by atoms with Gasteiger partial charge in [0.2, 0.25) is 0 Å². The van der Waals surface area contributed by atoms with Crippen LogP contribution in [-0.4, -0.2) is 28.3 Å². The monoisotopic (exact) mass is 224 g/mol. The van der Waals surface area contributed by atoms with Gasteiger partial charge in [-0.15, -0.1) is 0 Å². The van der Waals surface area contributed by atoms with Gasteiger partial charge in [0, 0.05) is 12.4 Å². The zero-order valence-corrected chi connectivity index (χ0v) is 9.71. The zero-order valence-electron chi connectivity index (χ0n) is 9.71. The summed E-state index contributed by atoms with van der Waals surface area (Å²) < 4.78 is 4.36. The molecular weight excluding hydrogens is 208 g/mol. The number of rotatable bonds is 4. The van der Waals surface area contributed by atoms with Crippen LogP contribution < -0.4 is 0 Å². The van der Waals surface area contributed by atoms with Crippen LogP contribution >= 0.6 is 0 Å². The van der Waals surface area contributed by atoms with Crippen molar-refractivity contribution in [1.29, 1.82) is 0 Å². The fourth-order valence-electron chi connectivity index (χ4n) is 0.755. The number of hydrogen-bond acceptors (Lipinski definition) is 5. The molecular formula is C11H16N2O3. The highest BCUT2D eigenvalue weighted by Crippen LogP contribution is 1.88. The standard InChI is InChI=1S/C7H8N2O.C4H8O2/c1-6(10)5-7-8-3-2-4-9-7;1-4(2)6-3-5/h2-4H,5H2,1H3;3-4H,1-2H3. The molecule has 5 nitrogen and oxygen atoms in total. The molecule has 1 heterocycles. The summed E-state index contributed by atoms with van der Waals surface area (Å²) >= 11 is 0. The maximum absolute atomic E-state index is 10.5. The summed E-state index contributed by atoms with van der Waals surface area (Å²) in [6.07, 6.45) is 3.62. The van der Waals surface area contributed by atoms with Crippen molar-refractivity contribution in [2.24, 2.45) is 0 Å². The molecule has 1 aromatic heterocycles. The maximum atomic E-state index is 10.5. The predicted molar refractivity (Wildman–Crippen MR) is 58.7 cm³/mol. The highest BCUT2D eigenvalue weighted by molar-refractivity contribution is 5.77. The number of aromatic nitrogens is 2. The van der Waals surface area contributed by atoms with Gasteiger partial charge in [0.1, 0.15) is 11.6 Å². The van der Waals surface area contributed by atoms with Gasteiger partial charge in [-0.05, 0) is 26.8 Å². The number of ether oxygens (including phenoxy) is 1. The number of ketones is 1. The fraction of sp³-hybridized carbons (Fsp3) is 0.455. The van der Waals surface area contributed by atoms with Crippen LogP contribution in [0.2, 0.25) is 0 Å². The van der Waals surface area contributed by atoms with Gasteiger partial charge >= 0.3 is 0 Å². The number of nitrogens with zero attached hydrogens (tertiary/aromatic N) is 2. The average molecular weight is 224 g/mol. The molecule has 0 aliphatic carbocycles. The minimum Gasteiger partial charge on any atom is -0.465 e. The third-order valence-electron chi connectivity index (χ3n) is 1.35. The first kappa shape index (κ1) is 14.2. The first-order valence-electron chi connectivity index (χ1n) is 4.90. The Hall–Kier alpha value is -1.78. The highest BCUT2D eigenvalue weighted by Gasteiger charge is 1.96. The summed E-state index contributed by atoms with van der Waals surface area (Å²) in [7, 11) is 0. The first-order valence-corrected chi connectivity index (χ1v) is 4.90. The maximum Gasteiger partial charge on any atom is 0.293 e. The minimum atomic E-state index is 0.0301. The van der Waals surface area contributed by atoms with Crippen LogP contribution in [0.4, 0.5) is 0 Å². The Morgan fingerprint density at radius 3 is 2.31 bits per heavy atom. The van der Waals surface area contributed by atoms with Crippen molar-refractivity contribution < 1.29 is 14.3 Å². The van der Waals surface area contributed by atoms with Gasteiger partial charge in [0.15, 0.2) is 0 Å². The molecule has 0 saturated carbocycles. The molecule has 0 atom stereocenters. The third kappa shape index (κ3) is 8.80. The summed E-state index contributed by atoms with van der Waals surface area (Å²) in [5.74, 6) is 0.682. The molecule has 16 heavy (non-hydrogen) atoms. The topological polar surface area (TPSA) is 69.2 Å². The molecule has 0 radical (unpaired) electrons. The van der Waals surface area contributed by atoms with Crippen LogP contribution in [-0.2, 0) is 20.7 Å².